The Hall–Kier alpha value is -2.03. The second kappa shape index (κ2) is 5.31. The number of amides is 1. The maximum absolute atomic E-state index is 12.1. The Morgan fingerprint density at radius 3 is 2.64 bits per heavy atom. The topological polar surface area (TPSA) is 98.5 Å². The molecule has 2 aliphatic heterocycles. The molecule has 1 aromatic heterocycles. The van der Waals surface area contributed by atoms with E-state index in [2.05, 4.69) is 15.5 Å². The number of rotatable bonds is 3. The zero-order valence-corrected chi connectivity index (χ0v) is 11.8. The van der Waals surface area contributed by atoms with Gasteiger partial charge in [0.15, 0.2) is 0 Å². The van der Waals surface area contributed by atoms with Crippen molar-refractivity contribution < 1.29 is 19.4 Å². The molecule has 4 atom stereocenters. The molecule has 0 saturated carbocycles. The Kier molecular flexibility index (Phi) is 3.29. The first-order valence-corrected chi connectivity index (χ1v) is 7.21. The van der Waals surface area contributed by atoms with Crippen molar-refractivity contribution in [1.82, 2.24) is 20.3 Å². The lowest BCUT2D eigenvalue weighted by atomic mass is 10.1. The predicted octanol–water partition coefficient (Wildman–Crippen LogP) is -0.925. The number of nitrogens with one attached hydrogen (secondary N) is 1. The van der Waals surface area contributed by atoms with Crippen LogP contribution in [-0.4, -0.2) is 63.6 Å². The Labute approximate surface area is 126 Å². The molecule has 3 heterocycles. The van der Waals surface area contributed by atoms with Crippen LogP contribution in [0.4, 0.5) is 0 Å². The summed E-state index contributed by atoms with van der Waals surface area (Å²) in [6, 6.07) is 7.19. The van der Waals surface area contributed by atoms with Crippen LogP contribution in [0.3, 0.4) is 0 Å². The van der Waals surface area contributed by atoms with Gasteiger partial charge in [-0.15, -0.1) is 0 Å². The number of benzene rings is 1. The van der Waals surface area contributed by atoms with Gasteiger partial charge in [0.25, 0.3) is 0 Å². The minimum atomic E-state index is -0.620. The van der Waals surface area contributed by atoms with Crippen molar-refractivity contribution in [2.24, 2.45) is 0 Å². The fourth-order valence-corrected chi connectivity index (χ4v) is 2.96. The molecule has 1 aromatic carbocycles. The monoisotopic (exact) mass is 304 g/mol. The van der Waals surface area contributed by atoms with E-state index >= 15 is 0 Å². The van der Waals surface area contributed by atoms with Crippen molar-refractivity contribution in [2.75, 3.05) is 13.2 Å². The summed E-state index contributed by atoms with van der Waals surface area (Å²) in [5.41, 5.74) is 1.50. The smallest absolute Gasteiger partial charge is 0.243 e. The van der Waals surface area contributed by atoms with E-state index in [4.69, 9.17) is 9.47 Å². The summed E-state index contributed by atoms with van der Waals surface area (Å²) in [6.45, 7) is 0.617. The average molecular weight is 304 g/mol. The summed E-state index contributed by atoms with van der Waals surface area (Å²) in [5, 5.41) is 21.0. The van der Waals surface area contributed by atoms with Crippen LogP contribution >= 0.6 is 0 Å². The lowest BCUT2D eigenvalue weighted by Gasteiger charge is -2.17. The van der Waals surface area contributed by atoms with Crippen LogP contribution < -0.4 is 5.32 Å². The zero-order valence-electron chi connectivity index (χ0n) is 11.8. The fourth-order valence-electron chi connectivity index (χ4n) is 2.96. The van der Waals surface area contributed by atoms with Crippen molar-refractivity contribution in [3.05, 3.63) is 24.3 Å². The molecule has 0 radical (unpaired) electrons. The van der Waals surface area contributed by atoms with E-state index in [0.29, 0.717) is 6.61 Å². The van der Waals surface area contributed by atoms with Crippen LogP contribution in [0.15, 0.2) is 24.3 Å². The number of nitrogens with zero attached hydrogens (tertiary/aromatic N) is 3. The summed E-state index contributed by atoms with van der Waals surface area (Å²) >= 11 is 0. The van der Waals surface area contributed by atoms with Gasteiger partial charge >= 0.3 is 0 Å². The molecule has 2 aliphatic rings. The van der Waals surface area contributed by atoms with Gasteiger partial charge in [0.05, 0.1) is 19.3 Å². The molecule has 0 bridgehead atoms. The first-order valence-electron chi connectivity index (χ1n) is 7.21. The second-order valence-corrected chi connectivity index (χ2v) is 5.56. The molecule has 2 fully saturated rings. The number of aromatic nitrogens is 3. The number of ether oxygens (including phenoxy) is 2. The van der Waals surface area contributed by atoms with E-state index in [1.807, 2.05) is 24.3 Å². The number of carbonyl (C=O) groups excluding carboxylic acids is 1. The molecular formula is C14H16N4O4. The third-order valence-corrected chi connectivity index (χ3v) is 3.99. The van der Waals surface area contributed by atoms with E-state index in [0.717, 1.165) is 11.0 Å². The Balaban J connectivity index is 1.40. The van der Waals surface area contributed by atoms with E-state index in [1.165, 1.54) is 4.80 Å². The lowest BCUT2D eigenvalue weighted by Crippen LogP contribution is -2.45. The van der Waals surface area contributed by atoms with Crippen molar-refractivity contribution in [1.29, 1.82) is 0 Å². The first-order chi connectivity index (χ1) is 10.7. The highest BCUT2D eigenvalue weighted by Gasteiger charge is 2.47. The third kappa shape index (κ3) is 2.35. The first kappa shape index (κ1) is 13.6. The normalized spacial score (nSPS) is 30.6. The van der Waals surface area contributed by atoms with E-state index in [9.17, 15) is 9.90 Å². The largest absolute Gasteiger partial charge is 0.388 e. The van der Waals surface area contributed by atoms with Crippen LogP contribution in [0, 0.1) is 0 Å². The van der Waals surface area contributed by atoms with E-state index in [-0.39, 0.29) is 37.3 Å². The predicted molar refractivity (Wildman–Crippen MR) is 74.9 cm³/mol. The molecule has 2 aromatic rings. The number of aliphatic hydroxyl groups excluding tert-OH is 1. The van der Waals surface area contributed by atoms with Crippen LogP contribution in [-0.2, 0) is 20.8 Å². The molecule has 22 heavy (non-hydrogen) atoms. The van der Waals surface area contributed by atoms with E-state index < -0.39 is 6.10 Å². The number of fused-ring (bicyclic) bond motifs is 2. The van der Waals surface area contributed by atoms with Gasteiger partial charge in [-0.1, -0.05) is 12.1 Å². The minimum absolute atomic E-state index is 0.0329. The molecule has 8 heteroatoms. The Morgan fingerprint density at radius 1 is 1.23 bits per heavy atom. The van der Waals surface area contributed by atoms with Crippen LogP contribution in [0.2, 0.25) is 0 Å². The van der Waals surface area contributed by atoms with Gasteiger partial charge in [-0.3, -0.25) is 4.79 Å². The molecule has 8 nitrogen and oxygen atoms in total. The number of aliphatic hydroxyl groups is 1. The fraction of sp³-hybridized carbons (Fsp3) is 0.500. The molecule has 1 amide bonds. The van der Waals surface area contributed by atoms with Gasteiger partial charge in [-0.25, -0.2) is 0 Å². The number of hydrogen-bond acceptors (Lipinski definition) is 6. The molecule has 2 N–H and O–H groups in total. The average Bonchev–Trinajstić information content (AvgIpc) is 3.16. The summed E-state index contributed by atoms with van der Waals surface area (Å²) < 4.78 is 10.9. The quantitative estimate of drug-likeness (QED) is 0.760. The van der Waals surface area contributed by atoms with Crippen LogP contribution in [0.5, 0.6) is 0 Å². The minimum Gasteiger partial charge on any atom is -0.388 e. The Morgan fingerprint density at radius 2 is 1.91 bits per heavy atom. The van der Waals surface area contributed by atoms with Crippen molar-refractivity contribution in [3.8, 4) is 0 Å². The van der Waals surface area contributed by atoms with Crippen molar-refractivity contribution in [3.63, 3.8) is 0 Å². The van der Waals surface area contributed by atoms with Crippen molar-refractivity contribution >= 4 is 16.9 Å². The molecular weight excluding hydrogens is 288 g/mol. The summed E-state index contributed by atoms with van der Waals surface area (Å²) in [4.78, 5) is 13.5. The molecule has 4 rings (SSSR count). The van der Waals surface area contributed by atoms with Gasteiger partial charge in [-0.2, -0.15) is 15.0 Å². The highest BCUT2D eigenvalue weighted by atomic mass is 16.6. The molecule has 0 unspecified atom stereocenters. The summed E-state index contributed by atoms with van der Waals surface area (Å²) in [6.07, 6.45) is -1.26. The molecule has 0 aliphatic carbocycles. The van der Waals surface area contributed by atoms with Gasteiger partial charge in [-0.05, 0) is 12.1 Å². The zero-order chi connectivity index (χ0) is 15.1. The third-order valence-electron chi connectivity index (χ3n) is 3.99. The molecule has 0 spiro atoms. The van der Waals surface area contributed by atoms with Gasteiger partial charge in [0.1, 0.15) is 35.9 Å². The van der Waals surface area contributed by atoms with Gasteiger partial charge in [0, 0.05) is 0 Å². The standard InChI is InChI=1S/C14H16N4O4/c19-11-7-22-13-10(6-21-14(11)13)15-12(20)5-18-16-8-3-1-2-4-9(8)17-18/h1-4,10-11,13-14,19H,5-7H2,(H,15,20)/t10-,11-,13-,14-/m1/s1. The Bertz CT molecular complexity index is 670. The molecule has 2 saturated heterocycles. The van der Waals surface area contributed by atoms with Crippen LogP contribution in [0.25, 0.3) is 11.0 Å². The lowest BCUT2D eigenvalue weighted by molar-refractivity contribution is -0.123. The highest BCUT2D eigenvalue weighted by molar-refractivity contribution is 5.77. The summed E-state index contributed by atoms with van der Waals surface area (Å²) in [5.74, 6) is -0.209. The maximum atomic E-state index is 12.1. The van der Waals surface area contributed by atoms with E-state index in [1.54, 1.807) is 0 Å². The van der Waals surface area contributed by atoms with Gasteiger partial charge in [0.2, 0.25) is 5.91 Å². The van der Waals surface area contributed by atoms with Crippen LogP contribution in [0.1, 0.15) is 0 Å². The second-order valence-electron chi connectivity index (χ2n) is 5.56. The van der Waals surface area contributed by atoms with Crippen molar-refractivity contribution in [2.45, 2.75) is 30.9 Å². The maximum Gasteiger partial charge on any atom is 0.243 e. The van der Waals surface area contributed by atoms with Gasteiger partial charge < -0.3 is 19.9 Å². The summed E-state index contributed by atoms with van der Waals surface area (Å²) in [7, 11) is 0. The number of carbonyl (C=O) groups is 1. The highest BCUT2D eigenvalue weighted by Crippen LogP contribution is 2.26. The SMILES string of the molecule is O=C(Cn1nc2ccccc2n1)N[C@@H]1CO[C@H]2[C@@H]1OC[C@H]2O. The molecule has 116 valence electrons. The number of hydrogen-bond donors (Lipinski definition) is 2.